The first-order valence-corrected chi connectivity index (χ1v) is 8.52. The number of hydrogen-bond acceptors (Lipinski definition) is 4. The van der Waals surface area contributed by atoms with Crippen molar-refractivity contribution in [1.29, 1.82) is 5.26 Å². The quantitative estimate of drug-likeness (QED) is 0.335. The number of nitrogen functional groups attached to an aromatic ring is 1. The van der Waals surface area contributed by atoms with Gasteiger partial charge in [0.25, 0.3) is 0 Å². The number of anilines is 2. The Kier molecular flexibility index (Phi) is 5.71. The lowest BCUT2D eigenvalue weighted by Gasteiger charge is -2.12. The Balaban J connectivity index is 2.32. The molecule has 0 saturated carbocycles. The second kappa shape index (κ2) is 7.56. The van der Waals surface area contributed by atoms with Gasteiger partial charge in [-0.15, -0.1) is 0 Å². The maximum absolute atomic E-state index is 9.76. The Morgan fingerprint density at radius 1 is 1.29 bits per heavy atom. The number of rotatable bonds is 4. The fourth-order valence-corrected chi connectivity index (χ4v) is 3.25. The molecule has 0 spiro atoms. The highest BCUT2D eigenvalue weighted by Crippen LogP contribution is 2.34. The molecular weight excluding hydrogens is 434 g/mol. The van der Waals surface area contributed by atoms with Gasteiger partial charge in [-0.2, -0.15) is 5.26 Å². The Bertz CT molecular complexity index is 859. The third-order valence-electron chi connectivity index (χ3n) is 3.29. The third kappa shape index (κ3) is 4.19. The van der Waals surface area contributed by atoms with E-state index in [-0.39, 0.29) is 5.75 Å². The standard InChI is InChI=1S/C18H15Br2N3O/c1-10-3-4-16(22)17(5-10)23-11(2)13(9-21)6-12-7-14(19)18(24)15(20)8-12/h3-8,23-24H,2,22H2,1H3. The molecule has 4 N–H and O–H groups in total. The summed E-state index contributed by atoms with van der Waals surface area (Å²) in [6.45, 7) is 5.88. The van der Waals surface area contributed by atoms with Crippen molar-refractivity contribution in [3.05, 3.63) is 68.3 Å². The van der Waals surface area contributed by atoms with Crippen molar-refractivity contribution < 1.29 is 5.11 Å². The molecule has 0 amide bonds. The Hall–Kier alpha value is -2.23. The van der Waals surface area contributed by atoms with E-state index in [1.165, 1.54) is 0 Å². The van der Waals surface area contributed by atoms with Crippen molar-refractivity contribution in [1.82, 2.24) is 0 Å². The van der Waals surface area contributed by atoms with E-state index in [0.29, 0.717) is 31.6 Å². The van der Waals surface area contributed by atoms with E-state index < -0.39 is 0 Å². The number of phenolic OH excluding ortho intramolecular Hbond substituents is 1. The summed E-state index contributed by atoms with van der Waals surface area (Å²) in [5.74, 6) is 0.107. The summed E-state index contributed by atoms with van der Waals surface area (Å²) in [7, 11) is 0. The summed E-state index contributed by atoms with van der Waals surface area (Å²) >= 11 is 6.54. The van der Waals surface area contributed by atoms with E-state index in [2.05, 4.69) is 49.8 Å². The molecule has 24 heavy (non-hydrogen) atoms. The van der Waals surface area contributed by atoms with Crippen LogP contribution in [0.5, 0.6) is 5.75 Å². The number of phenols is 1. The maximum Gasteiger partial charge on any atom is 0.143 e. The lowest BCUT2D eigenvalue weighted by Crippen LogP contribution is -2.03. The number of nitrogens with two attached hydrogens (primary N) is 1. The normalized spacial score (nSPS) is 11.0. The minimum Gasteiger partial charge on any atom is -0.506 e. The molecule has 2 rings (SSSR count). The van der Waals surface area contributed by atoms with Crippen molar-refractivity contribution in [2.75, 3.05) is 11.1 Å². The number of allylic oxidation sites excluding steroid dienone is 1. The van der Waals surface area contributed by atoms with Crippen LogP contribution in [-0.4, -0.2) is 5.11 Å². The Morgan fingerprint density at radius 3 is 2.50 bits per heavy atom. The van der Waals surface area contributed by atoms with Crippen molar-refractivity contribution in [2.24, 2.45) is 0 Å². The van der Waals surface area contributed by atoms with Crippen LogP contribution in [0.4, 0.5) is 11.4 Å². The minimum absolute atomic E-state index is 0.107. The van der Waals surface area contributed by atoms with Gasteiger partial charge in [-0.05, 0) is 80.3 Å². The van der Waals surface area contributed by atoms with Gasteiger partial charge >= 0.3 is 0 Å². The Labute approximate surface area is 157 Å². The average molecular weight is 449 g/mol. The molecular formula is C18H15Br2N3O. The van der Waals surface area contributed by atoms with Gasteiger partial charge in [0.15, 0.2) is 0 Å². The van der Waals surface area contributed by atoms with Gasteiger partial charge in [0.2, 0.25) is 0 Å². The smallest absolute Gasteiger partial charge is 0.143 e. The predicted octanol–water partition coefficient (Wildman–Crippen LogP) is 5.34. The number of aryl methyl sites for hydroxylation is 1. The van der Waals surface area contributed by atoms with Crippen LogP contribution < -0.4 is 11.1 Å². The van der Waals surface area contributed by atoms with Gasteiger partial charge in [-0.25, -0.2) is 0 Å². The molecule has 0 radical (unpaired) electrons. The second-order valence-corrected chi connectivity index (χ2v) is 6.91. The van der Waals surface area contributed by atoms with Crippen molar-refractivity contribution >= 4 is 49.3 Å². The molecule has 0 aliphatic carbocycles. The third-order valence-corrected chi connectivity index (χ3v) is 4.50. The summed E-state index contributed by atoms with van der Waals surface area (Å²) in [6.07, 6.45) is 1.68. The van der Waals surface area contributed by atoms with Crippen LogP contribution in [0.3, 0.4) is 0 Å². The molecule has 2 aromatic rings. The number of nitriles is 1. The van der Waals surface area contributed by atoms with Crippen molar-refractivity contribution in [3.63, 3.8) is 0 Å². The van der Waals surface area contributed by atoms with Gasteiger partial charge in [0.05, 0.1) is 25.9 Å². The van der Waals surface area contributed by atoms with Gasteiger partial charge in [-0.3, -0.25) is 0 Å². The fourth-order valence-electron chi connectivity index (χ4n) is 2.03. The number of hydrogen-bond donors (Lipinski definition) is 3. The van der Waals surface area contributed by atoms with Crippen molar-refractivity contribution in [2.45, 2.75) is 6.92 Å². The first-order valence-electron chi connectivity index (χ1n) is 6.94. The lowest BCUT2D eigenvalue weighted by molar-refractivity contribution is 0.468. The molecule has 0 fully saturated rings. The van der Waals surface area contributed by atoms with Crippen LogP contribution in [0.25, 0.3) is 6.08 Å². The predicted molar refractivity (Wildman–Crippen MR) is 105 cm³/mol. The number of halogens is 2. The summed E-state index contributed by atoms with van der Waals surface area (Å²) in [6, 6.07) is 11.2. The number of aromatic hydroxyl groups is 1. The average Bonchev–Trinajstić information content (AvgIpc) is 2.53. The van der Waals surface area contributed by atoms with E-state index >= 15 is 0 Å². The largest absolute Gasteiger partial charge is 0.506 e. The molecule has 0 unspecified atom stereocenters. The van der Waals surface area contributed by atoms with Crippen LogP contribution in [0.1, 0.15) is 11.1 Å². The molecule has 0 saturated heterocycles. The highest BCUT2D eigenvalue weighted by Gasteiger charge is 2.09. The van der Waals surface area contributed by atoms with Crippen LogP contribution in [0.2, 0.25) is 0 Å². The molecule has 0 heterocycles. The highest BCUT2D eigenvalue weighted by atomic mass is 79.9. The van der Waals surface area contributed by atoms with E-state index in [0.717, 1.165) is 11.1 Å². The molecule has 4 nitrogen and oxygen atoms in total. The highest BCUT2D eigenvalue weighted by molar-refractivity contribution is 9.11. The molecule has 6 heteroatoms. The molecule has 0 aromatic heterocycles. The monoisotopic (exact) mass is 447 g/mol. The van der Waals surface area contributed by atoms with Gasteiger partial charge in [0.1, 0.15) is 11.8 Å². The number of benzene rings is 2. The molecule has 0 bridgehead atoms. The van der Waals surface area contributed by atoms with Crippen LogP contribution in [0, 0.1) is 18.3 Å². The first kappa shape index (κ1) is 18.1. The molecule has 2 aromatic carbocycles. The zero-order chi connectivity index (χ0) is 17.9. The number of nitrogens with zero attached hydrogens (tertiary/aromatic N) is 1. The van der Waals surface area contributed by atoms with E-state index in [1.807, 2.05) is 19.1 Å². The fraction of sp³-hybridized carbons (Fsp3) is 0.0556. The second-order valence-electron chi connectivity index (χ2n) is 5.20. The maximum atomic E-state index is 9.76. The van der Waals surface area contributed by atoms with Crippen molar-refractivity contribution in [3.8, 4) is 11.8 Å². The Morgan fingerprint density at radius 2 is 1.92 bits per heavy atom. The molecule has 0 aliphatic rings. The molecule has 122 valence electrons. The zero-order valence-corrected chi connectivity index (χ0v) is 16.1. The SMILES string of the molecule is C=C(Nc1cc(C)ccc1N)C(C#N)=Cc1cc(Br)c(O)c(Br)c1. The van der Waals surface area contributed by atoms with Gasteiger partial charge in [0, 0.05) is 5.70 Å². The van der Waals surface area contributed by atoms with Gasteiger partial charge in [-0.1, -0.05) is 12.6 Å². The van der Waals surface area contributed by atoms with E-state index in [4.69, 9.17) is 5.73 Å². The summed E-state index contributed by atoms with van der Waals surface area (Å²) in [5, 5.41) is 22.3. The van der Waals surface area contributed by atoms with Gasteiger partial charge < -0.3 is 16.2 Å². The molecule has 0 aliphatic heterocycles. The minimum atomic E-state index is 0.107. The lowest BCUT2D eigenvalue weighted by atomic mass is 10.1. The number of nitrogens with one attached hydrogen (secondary N) is 1. The van der Waals surface area contributed by atoms with Crippen LogP contribution in [-0.2, 0) is 0 Å². The summed E-state index contributed by atoms with van der Waals surface area (Å²) < 4.78 is 1.06. The van der Waals surface area contributed by atoms with Crippen LogP contribution in [0.15, 0.2) is 57.1 Å². The van der Waals surface area contributed by atoms with E-state index in [1.54, 1.807) is 24.3 Å². The van der Waals surface area contributed by atoms with E-state index in [9.17, 15) is 10.4 Å². The summed E-state index contributed by atoms with van der Waals surface area (Å²) in [5.41, 5.74) is 9.81. The van der Waals surface area contributed by atoms with Crippen LogP contribution >= 0.6 is 31.9 Å². The summed E-state index contributed by atoms with van der Waals surface area (Å²) in [4.78, 5) is 0. The molecule has 0 atom stereocenters. The topological polar surface area (TPSA) is 82.1 Å². The zero-order valence-electron chi connectivity index (χ0n) is 12.9. The first-order chi connectivity index (χ1) is 11.3.